The zero-order valence-electron chi connectivity index (χ0n) is 20.0. The van der Waals surface area contributed by atoms with Gasteiger partial charge < -0.3 is 4.74 Å². The Labute approximate surface area is 206 Å². The number of allylic oxidation sites excluding steroid dienone is 4. The SMILES string of the molecule is CCS[C@@]1(SCC(F)(F)F)CC[C@H]2[C@@H]3CCC4=CC(=O)C=C[C@]4(C)[C@@]3(F)[C@@H](OC(C)=O)C[C@@]21C. The van der Waals surface area contributed by atoms with E-state index in [4.69, 9.17) is 4.74 Å². The number of halogens is 4. The number of ketones is 1. The molecule has 0 saturated heterocycles. The lowest BCUT2D eigenvalue weighted by Crippen LogP contribution is -2.68. The Hall–Kier alpha value is -0.960. The van der Waals surface area contributed by atoms with Crippen molar-refractivity contribution in [3.05, 3.63) is 23.8 Å². The number of carbonyl (C=O) groups excluding carboxylic acids is 2. The highest BCUT2D eigenvalue weighted by molar-refractivity contribution is 8.18. The van der Waals surface area contributed by atoms with Crippen molar-refractivity contribution in [3.8, 4) is 0 Å². The minimum absolute atomic E-state index is 0.145. The fourth-order valence-corrected chi connectivity index (χ4v) is 10.8. The van der Waals surface area contributed by atoms with E-state index in [1.54, 1.807) is 13.0 Å². The molecule has 3 saturated carbocycles. The number of carbonyl (C=O) groups is 2. The topological polar surface area (TPSA) is 43.4 Å². The summed E-state index contributed by atoms with van der Waals surface area (Å²) in [6.45, 7) is 6.94. The molecule has 0 radical (unpaired) electrons. The number of esters is 1. The van der Waals surface area contributed by atoms with Gasteiger partial charge in [-0.05, 0) is 68.3 Å². The smallest absolute Gasteiger partial charge is 0.397 e. The zero-order chi connectivity index (χ0) is 25.2. The first-order valence-corrected chi connectivity index (χ1v) is 13.8. The maximum absolute atomic E-state index is 17.6. The second kappa shape index (κ2) is 8.56. The van der Waals surface area contributed by atoms with Crippen LogP contribution in [0.3, 0.4) is 0 Å². The van der Waals surface area contributed by atoms with E-state index >= 15 is 4.39 Å². The summed E-state index contributed by atoms with van der Waals surface area (Å²) in [5.74, 6) is -1.72. The molecule has 0 aromatic carbocycles. The van der Waals surface area contributed by atoms with Crippen LogP contribution in [0.5, 0.6) is 0 Å². The number of hydrogen-bond donors (Lipinski definition) is 0. The Bertz CT molecular complexity index is 934. The Morgan fingerprint density at radius 2 is 1.91 bits per heavy atom. The molecule has 0 heterocycles. The maximum Gasteiger partial charge on any atom is 0.397 e. The number of thioether (sulfide) groups is 2. The highest BCUT2D eigenvalue weighted by Gasteiger charge is 2.74. The second-order valence-corrected chi connectivity index (χ2v) is 13.6. The molecule has 34 heavy (non-hydrogen) atoms. The average molecular weight is 521 g/mol. The summed E-state index contributed by atoms with van der Waals surface area (Å²) in [4.78, 5) is 24.2. The molecule has 4 aliphatic carbocycles. The van der Waals surface area contributed by atoms with Gasteiger partial charge in [-0.2, -0.15) is 13.2 Å². The van der Waals surface area contributed by atoms with Crippen LogP contribution in [0.25, 0.3) is 0 Å². The van der Waals surface area contributed by atoms with Crippen LogP contribution < -0.4 is 0 Å². The minimum Gasteiger partial charge on any atom is -0.459 e. The predicted molar refractivity (Wildman–Crippen MR) is 127 cm³/mol. The fraction of sp³-hybridized carbons (Fsp3) is 0.760. The monoisotopic (exact) mass is 520 g/mol. The van der Waals surface area contributed by atoms with Crippen LogP contribution in [0, 0.1) is 22.7 Å². The molecule has 0 spiro atoms. The van der Waals surface area contributed by atoms with Gasteiger partial charge in [0.2, 0.25) is 0 Å². The Balaban J connectivity index is 1.81. The summed E-state index contributed by atoms with van der Waals surface area (Å²) < 4.78 is 62.5. The van der Waals surface area contributed by atoms with Crippen molar-refractivity contribution >= 4 is 35.3 Å². The Kier molecular flexibility index (Phi) is 6.58. The van der Waals surface area contributed by atoms with E-state index in [0.717, 1.165) is 11.8 Å². The van der Waals surface area contributed by atoms with Gasteiger partial charge in [-0.3, -0.25) is 9.59 Å². The van der Waals surface area contributed by atoms with Crippen molar-refractivity contribution in [2.75, 3.05) is 11.5 Å². The Morgan fingerprint density at radius 3 is 2.53 bits per heavy atom. The summed E-state index contributed by atoms with van der Waals surface area (Å²) >= 11 is 2.46. The van der Waals surface area contributed by atoms with Crippen LogP contribution in [-0.2, 0) is 14.3 Å². The van der Waals surface area contributed by atoms with E-state index in [0.29, 0.717) is 37.0 Å². The largest absolute Gasteiger partial charge is 0.459 e. The quantitative estimate of drug-likeness (QED) is 0.230. The van der Waals surface area contributed by atoms with Gasteiger partial charge in [-0.1, -0.05) is 25.5 Å². The lowest BCUT2D eigenvalue weighted by atomic mass is 9.46. The molecule has 0 aliphatic heterocycles. The van der Waals surface area contributed by atoms with Crippen molar-refractivity contribution in [3.63, 3.8) is 0 Å². The molecule has 0 aromatic rings. The summed E-state index contributed by atoms with van der Waals surface area (Å²) in [5.41, 5.74) is -2.98. The summed E-state index contributed by atoms with van der Waals surface area (Å²) in [5, 5.41) is 0. The molecule has 3 fully saturated rings. The predicted octanol–water partition coefficient (Wildman–Crippen LogP) is 6.67. The normalized spacial score (nSPS) is 43.6. The molecule has 4 aliphatic rings. The molecular formula is C25H32F4O3S2. The zero-order valence-corrected chi connectivity index (χ0v) is 21.6. The van der Waals surface area contributed by atoms with Crippen molar-refractivity contribution in [1.29, 1.82) is 0 Å². The molecular weight excluding hydrogens is 488 g/mol. The first-order valence-electron chi connectivity index (χ1n) is 11.9. The number of ether oxygens (including phenoxy) is 1. The van der Waals surface area contributed by atoms with Crippen LogP contribution in [0.2, 0.25) is 0 Å². The minimum atomic E-state index is -4.30. The first kappa shape index (κ1) is 26.1. The fourth-order valence-electron chi connectivity index (χ4n) is 7.40. The lowest BCUT2D eigenvalue weighted by molar-refractivity contribution is -0.209. The van der Waals surface area contributed by atoms with Crippen molar-refractivity contribution < 1.29 is 31.9 Å². The third kappa shape index (κ3) is 3.78. The summed E-state index contributed by atoms with van der Waals surface area (Å²) in [6, 6.07) is 0. The molecule has 190 valence electrons. The van der Waals surface area contributed by atoms with Crippen molar-refractivity contribution in [2.24, 2.45) is 22.7 Å². The molecule has 0 bridgehead atoms. The van der Waals surface area contributed by atoms with Crippen LogP contribution in [-0.4, -0.2) is 45.3 Å². The van der Waals surface area contributed by atoms with Crippen molar-refractivity contribution in [1.82, 2.24) is 0 Å². The van der Waals surface area contributed by atoms with E-state index in [2.05, 4.69) is 0 Å². The molecule has 0 unspecified atom stereocenters. The highest BCUT2D eigenvalue weighted by atomic mass is 32.2. The van der Waals surface area contributed by atoms with Gasteiger partial charge in [0.25, 0.3) is 0 Å². The van der Waals surface area contributed by atoms with Crippen LogP contribution in [0.4, 0.5) is 17.6 Å². The molecule has 7 atom stereocenters. The van der Waals surface area contributed by atoms with Gasteiger partial charge in [-0.25, -0.2) is 4.39 Å². The number of fused-ring (bicyclic) bond motifs is 5. The van der Waals surface area contributed by atoms with Crippen LogP contribution in [0.15, 0.2) is 23.8 Å². The summed E-state index contributed by atoms with van der Waals surface area (Å²) in [6.07, 6.45) is 1.48. The molecule has 0 aromatic heterocycles. The van der Waals surface area contributed by atoms with Crippen molar-refractivity contribution in [2.45, 2.75) is 81.8 Å². The van der Waals surface area contributed by atoms with E-state index in [9.17, 15) is 22.8 Å². The average Bonchev–Trinajstić information content (AvgIpc) is 3.00. The highest BCUT2D eigenvalue weighted by Crippen LogP contribution is 2.74. The van der Waals surface area contributed by atoms with Crippen LogP contribution >= 0.6 is 23.5 Å². The number of hydrogen-bond acceptors (Lipinski definition) is 5. The van der Waals surface area contributed by atoms with Crippen LogP contribution in [0.1, 0.15) is 59.8 Å². The first-order chi connectivity index (χ1) is 15.7. The van der Waals surface area contributed by atoms with E-state index in [1.807, 2.05) is 13.8 Å². The molecule has 4 rings (SSSR count). The molecule has 3 nitrogen and oxygen atoms in total. The molecule has 9 heteroatoms. The molecule has 0 N–H and O–H groups in total. The van der Waals surface area contributed by atoms with Gasteiger partial charge in [-0.15, -0.1) is 23.5 Å². The van der Waals surface area contributed by atoms with Gasteiger partial charge in [0.05, 0.1) is 9.83 Å². The van der Waals surface area contributed by atoms with Gasteiger partial charge >= 0.3 is 12.1 Å². The third-order valence-electron chi connectivity index (χ3n) is 8.82. The van der Waals surface area contributed by atoms with Gasteiger partial charge in [0.1, 0.15) is 6.10 Å². The second-order valence-electron chi connectivity index (χ2n) is 10.5. The third-order valence-corrected chi connectivity index (χ3v) is 12.6. The lowest BCUT2D eigenvalue weighted by Gasteiger charge is -2.63. The maximum atomic E-state index is 17.6. The van der Waals surface area contributed by atoms with E-state index < -0.39 is 50.5 Å². The van der Waals surface area contributed by atoms with E-state index in [-0.39, 0.29) is 18.1 Å². The number of alkyl halides is 4. The Morgan fingerprint density at radius 1 is 1.21 bits per heavy atom. The standard InChI is InChI=1S/C25H32F4O3S2/c1-5-33-23(34-14-24(26,27)28)11-9-18-19-7-6-16-12-17(31)8-10-21(16,3)25(19,29)20(32-15(2)30)13-22(18,23)4/h8,10,12,18-20H,5-7,9,11,13-14H2,1-4H3/t18-,19-,20-,21-,22-,23+,25-/m0/s1. The van der Waals surface area contributed by atoms with E-state index in [1.165, 1.54) is 30.8 Å². The summed E-state index contributed by atoms with van der Waals surface area (Å²) in [7, 11) is 0. The molecule has 0 amide bonds. The van der Waals surface area contributed by atoms with Gasteiger partial charge in [0, 0.05) is 18.3 Å². The number of rotatable bonds is 5. The van der Waals surface area contributed by atoms with Gasteiger partial charge in [0.15, 0.2) is 11.5 Å².